The number of carbonyl (C=O) groups is 1. The van der Waals surface area contributed by atoms with Gasteiger partial charge in [-0.05, 0) is 51.0 Å². The molecule has 2 heterocycles. The lowest BCUT2D eigenvalue weighted by Crippen LogP contribution is -2.37. The van der Waals surface area contributed by atoms with Crippen molar-refractivity contribution in [2.75, 3.05) is 10.6 Å². The number of nitrogens with one attached hydrogen (secondary N) is 3. The number of hydrogen-bond acceptors (Lipinski definition) is 6. The molecule has 1 aliphatic rings. The Balaban J connectivity index is 1.71. The minimum Gasteiger partial charge on any atom is -0.464 e. The lowest BCUT2D eigenvalue weighted by molar-refractivity contribution is 0.0940. The molecule has 1 atom stereocenters. The first-order valence-electron chi connectivity index (χ1n) is 9.72. The van der Waals surface area contributed by atoms with E-state index in [-0.39, 0.29) is 28.7 Å². The molecular weight excluding hydrogens is 389 g/mol. The fraction of sp³-hybridized carbons (Fsp3) is 0.318. The summed E-state index contributed by atoms with van der Waals surface area (Å²) in [5, 5.41) is 8.53. The van der Waals surface area contributed by atoms with E-state index in [1.165, 1.54) is 6.07 Å². The average molecular weight is 411 g/mol. The fourth-order valence-electron chi connectivity index (χ4n) is 3.83. The largest absolute Gasteiger partial charge is 0.464 e. The molecule has 2 aromatic carbocycles. The van der Waals surface area contributed by atoms with Gasteiger partial charge in [0, 0.05) is 0 Å². The monoisotopic (exact) mass is 411 g/mol. The molecule has 0 spiro atoms. The zero-order chi connectivity index (χ0) is 21.8. The van der Waals surface area contributed by atoms with Crippen molar-refractivity contribution in [2.24, 2.45) is 0 Å². The first-order valence-corrected chi connectivity index (χ1v) is 9.72. The summed E-state index contributed by atoms with van der Waals surface area (Å²) in [5.41, 5.74) is -1.52. The van der Waals surface area contributed by atoms with Crippen molar-refractivity contribution in [1.82, 2.24) is 5.32 Å². The zero-order valence-electron chi connectivity index (χ0n) is 17.1. The average Bonchev–Trinajstić information content (AvgIpc) is 3.22. The van der Waals surface area contributed by atoms with Gasteiger partial charge in [-0.25, -0.2) is 4.39 Å². The first kappa shape index (κ1) is 19.9. The predicted molar refractivity (Wildman–Crippen MR) is 112 cm³/mol. The van der Waals surface area contributed by atoms with Crippen LogP contribution in [0.3, 0.4) is 0 Å². The number of benzene rings is 1. The topological polar surface area (TPSA) is 100 Å². The zero-order valence-corrected chi connectivity index (χ0v) is 17.1. The van der Waals surface area contributed by atoms with Crippen LogP contribution in [-0.4, -0.2) is 5.91 Å². The Morgan fingerprint density at radius 1 is 1.07 bits per heavy atom. The van der Waals surface area contributed by atoms with Gasteiger partial charge in [0.25, 0.3) is 16.8 Å². The highest BCUT2D eigenvalue weighted by Crippen LogP contribution is 2.38. The highest BCUT2D eigenvalue weighted by molar-refractivity contribution is 6.06. The SMILES string of the molecule is CC[C@@H](Nc1c(Nc2c(F)ccc3c2C(=O)NC3(C)C)c(=O)c1=O)c1ccc(C)o1. The second-order valence-electron chi connectivity index (χ2n) is 8.01. The maximum Gasteiger partial charge on any atom is 0.254 e. The molecule has 0 saturated heterocycles. The van der Waals surface area contributed by atoms with Crippen molar-refractivity contribution in [3.63, 3.8) is 0 Å². The van der Waals surface area contributed by atoms with Crippen LogP contribution in [0.25, 0.3) is 0 Å². The molecule has 0 radical (unpaired) electrons. The van der Waals surface area contributed by atoms with Crippen LogP contribution in [0.1, 0.15) is 60.7 Å². The number of carbonyl (C=O) groups excluding carboxylic acids is 1. The number of fused-ring (bicyclic) bond motifs is 1. The third kappa shape index (κ3) is 2.99. The molecule has 1 amide bonds. The Kier molecular flexibility index (Phi) is 4.52. The number of amides is 1. The van der Waals surface area contributed by atoms with Crippen LogP contribution in [0.5, 0.6) is 0 Å². The van der Waals surface area contributed by atoms with Crippen molar-refractivity contribution < 1.29 is 13.6 Å². The summed E-state index contributed by atoms with van der Waals surface area (Å²) in [6.07, 6.45) is 0.594. The Hall–Kier alpha value is -3.42. The summed E-state index contributed by atoms with van der Waals surface area (Å²) in [6, 6.07) is 6.05. The molecule has 0 aliphatic carbocycles. The normalized spacial score (nSPS) is 15.7. The summed E-state index contributed by atoms with van der Waals surface area (Å²) in [6.45, 7) is 7.33. The van der Waals surface area contributed by atoms with Gasteiger partial charge in [0.2, 0.25) is 0 Å². The van der Waals surface area contributed by atoms with Gasteiger partial charge in [-0.3, -0.25) is 14.4 Å². The van der Waals surface area contributed by atoms with Crippen LogP contribution in [0.4, 0.5) is 21.5 Å². The van der Waals surface area contributed by atoms with Crippen molar-refractivity contribution in [2.45, 2.75) is 45.7 Å². The Morgan fingerprint density at radius 3 is 2.40 bits per heavy atom. The van der Waals surface area contributed by atoms with Crippen LogP contribution in [0.15, 0.2) is 38.3 Å². The molecular formula is C22H22FN3O4. The number of aryl methyl sites for hydroxylation is 1. The third-order valence-electron chi connectivity index (χ3n) is 5.47. The van der Waals surface area contributed by atoms with Gasteiger partial charge in [0.05, 0.1) is 22.8 Å². The van der Waals surface area contributed by atoms with Crippen LogP contribution in [-0.2, 0) is 5.54 Å². The number of rotatable bonds is 6. The number of furan rings is 1. The van der Waals surface area contributed by atoms with Gasteiger partial charge < -0.3 is 20.4 Å². The van der Waals surface area contributed by atoms with Gasteiger partial charge in [0.15, 0.2) is 0 Å². The molecule has 0 saturated carbocycles. The van der Waals surface area contributed by atoms with E-state index < -0.39 is 28.1 Å². The Bertz CT molecular complexity index is 1230. The predicted octanol–water partition coefficient (Wildman–Crippen LogP) is 3.61. The smallest absolute Gasteiger partial charge is 0.254 e. The summed E-state index contributed by atoms with van der Waals surface area (Å²) < 4.78 is 20.3. The minimum absolute atomic E-state index is 0.0515. The maximum absolute atomic E-state index is 14.6. The van der Waals surface area contributed by atoms with E-state index in [0.29, 0.717) is 17.7 Å². The maximum atomic E-state index is 14.6. The quantitative estimate of drug-likeness (QED) is 0.536. The number of halogens is 1. The summed E-state index contributed by atoms with van der Waals surface area (Å²) in [7, 11) is 0. The molecule has 4 rings (SSSR count). The van der Waals surface area contributed by atoms with Gasteiger partial charge >= 0.3 is 0 Å². The van der Waals surface area contributed by atoms with E-state index >= 15 is 0 Å². The molecule has 3 N–H and O–H groups in total. The molecule has 1 aromatic heterocycles. The lowest BCUT2D eigenvalue weighted by atomic mass is 9.93. The van der Waals surface area contributed by atoms with Crippen molar-refractivity contribution in [3.8, 4) is 0 Å². The Morgan fingerprint density at radius 2 is 1.77 bits per heavy atom. The molecule has 0 unspecified atom stereocenters. The molecule has 7 nitrogen and oxygen atoms in total. The van der Waals surface area contributed by atoms with E-state index in [2.05, 4.69) is 16.0 Å². The fourth-order valence-corrected chi connectivity index (χ4v) is 3.83. The number of anilines is 3. The van der Waals surface area contributed by atoms with Gasteiger partial charge in [-0.1, -0.05) is 13.0 Å². The second-order valence-corrected chi connectivity index (χ2v) is 8.01. The molecule has 156 valence electrons. The van der Waals surface area contributed by atoms with Crippen molar-refractivity contribution in [3.05, 3.63) is 73.2 Å². The van der Waals surface area contributed by atoms with E-state index in [1.807, 2.05) is 19.9 Å². The molecule has 0 bridgehead atoms. The summed E-state index contributed by atoms with van der Waals surface area (Å²) >= 11 is 0. The van der Waals surface area contributed by atoms with Gasteiger partial charge in [-0.15, -0.1) is 0 Å². The van der Waals surface area contributed by atoms with Gasteiger partial charge in [-0.2, -0.15) is 0 Å². The van der Waals surface area contributed by atoms with Crippen LogP contribution >= 0.6 is 0 Å². The third-order valence-corrected chi connectivity index (χ3v) is 5.47. The lowest BCUT2D eigenvalue weighted by Gasteiger charge is -2.21. The molecule has 1 aliphatic heterocycles. The first-order chi connectivity index (χ1) is 14.1. The van der Waals surface area contributed by atoms with E-state index in [0.717, 1.165) is 5.76 Å². The highest BCUT2D eigenvalue weighted by Gasteiger charge is 2.38. The van der Waals surface area contributed by atoms with E-state index in [1.54, 1.807) is 26.0 Å². The molecule has 0 fully saturated rings. The molecule has 3 aromatic rings. The Labute approximate surface area is 172 Å². The summed E-state index contributed by atoms with van der Waals surface area (Å²) in [5.74, 6) is 0.225. The molecule has 8 heteroatoms. The second kappa shape index (κ2) is 6.83. The van der Waals surface area contributed by atoms with Crippen LogP contribution in [0.2, 0.25) is 0 Å². The van der Waals surface area contributed by atoms with E-state index in [9.17, 15) is 18.8 Å². The summed E-state index contributed by atoms with van der Waals surface area (Å²) in [4.78, 5) is 36.9. The van der Waals surface area contributed by atoms with Crippen LogP contribution in [0, 0.1) is 12.7 Å². The molecule has 30 heavy (non-hydrogen) atoms. The minimum atomic E-state index is -0.766. The highest BCUT2D eigenvalue weighted by atomic mass is 19.1. The van der Waals surface area contributed by atoms with Crippen molar-refractivity contribution in [1.29, 1.82) is 0 Å². The van der Waals surface area contributed by atoms with Gasteiger partial charge in [0.1, 0.15) is 28.7 Å². The van der Waals surface area contributed by atoms with Crippen LogP contribution < -0.4 is 26.8 Å². The van der Waals surface area contributed by atoms with E-state index in [4.69, 9.17) is 4.42 Å². The standard InChI is InChI=1S/C22H22FN3O4/c1-5-13(14-9-6-10(2)30-14)24-17-18(20(28)19(17)27)25-16-12(23)8-7-11-15(16)21(29)26-22(11,3)4/h6-9,13,24-25H,5H2,1-4H3,(H,26,29)/t13-/m1/s1. The number of hydrogen-bond donors (Lipinski definition) is 3. The van der Waals surface area contributed by atoms with Crippen molar-refractivity contribution >= 4 is 23.0 Å².